The summed E-state index contributed by atoms with van der Waals surface area (Å²) in [5, 5.41) is 10.7. The first-order valence-corrected chi connectivity index (χ1v) is 7.77. The number of nitrogens with zero attached hydrogens (tertiary/aromatic N) is 1. The molecule has 0 aliphatic carbocycles. The van der Waals surface area contributed by atoms with E-state index in [9.17, 15) is 10.1 Å². The molecule has 6 nitrogen and oxygen atoms in total. The van der Waals surface area contributed by atoms with Crippen molar-refractivity contribution in [2.45, 2.75) is 10.1 Å². The fourth-order valence-corrected chi connectivity index (χ4v) is 3.24. The lowest BCUT2D eigenvalue weighted by Gasteiger charge is -2.16. The van der Waals surface area contributed by atoms with Gasteiger partial charge in [0.15, 0.2) is 0 Å². The van der Waals surface area contributed by atoms with Gasteiger partial charge in [-0.1, -0.05) is 12.1 Å². The molecule has 0 aliphatic heterocycles. The molecule has 1 unspecified atom stereocenters. The van der Waals surface area contributed by atoms with Crippen molar-refractivity contribution < 1.29 is 14.4 Å². The second-order valence-corrected chi connectivity index (χ2v) is 6.05. The monoisotopic (exact) mass is 334 g/mol. The number of thioether (sulfide) groups is 1. The summed E-state index contributed by atoms with van der Waals surface area (Å²) in [6, 6.07) is 12.6. The average molecular weight is 334 g/mol. The maximum absolute atomic E-state index is 11.1. The van der Waals surface area contributed by atoms with Gasteiger partial charge in [-0.3, -0.25) is 10.1 Å². The van der Waals surface area contributed by atoms with Gasteiger partial charge in [0.05, 0.1) is 19.5 Å². The van der Waals surface area contributed by atoms with Gasteiger partial charge in [-0.2, -0.15) is 0 Å². The van der Waals surface area contributed by atoms with Crippen LogP contribution in [0.1, 0.15) is 10.8 Å². The van der Waals surface area contributed by atoms with Crippen molar-refractivity contribution in [1.29, 1.82) is 0 Å². The Kier molecular flexibility index (Phi) is 5.70. The lowest BCUT2D eigenvalue weighted by Crippen LogP contribution is -2.10. The average Bonchev–Trinajstić information content (AvgIpc) is 2.55. The summed E-state index contributed by atoms with van der Waals surface area (Å²) in [6.07, 6.45) is 0. The standard InChI is InChI=1S/C16H18N2O4S/c1-21-12-7-11(8-13(9-12)22-2)16(10-18(19)20)23-15-6-4-3-5-14(15)17/h3-9,16H,10,17H2,1-2H3. The van der Waals surface area contributed by atoms with E-state index in [4.69, 9.17) is 15.2 Å². The first-order valence-electron chi connectivity index (χ1n) is 6.89. The molecule has 2 rings (SSSR count). The van der Waals surface area contributed by atoms with Crippen molar-refractivity contribution in [2.24, 2.45) is 0 Å². The topological polar surface area (TPSA) is 87.6 Å². The van der Waals surface area contributed by atoms with E-state index >= 15 is 0 Å². The molecule has 2 aromatic rings. The number of ether oxygens (including phenoxy) is 2. The molecule has 0 amide bonds. The molecule has 0 bridgehead atoms. The van der Waals surface area contributed by atoms with Crippen molar-refractivity contribution in [1.82, 2.24) is 0 Å². The van der Waals surface area contributed by atoms with E-state index in [-0.39, 0.29) is 11.5 Å². The zero-order chi connectivity index (χ0) is 16.8. The van der Waals surface area contributed by atoms with E-state index in [1.807, 2.05) is 18.2 Å². The number of para-hydroxylation sites is 1. The molecule has 0 aromatic heterocycles. The zero-order valence-corrected chi connectivity index (χ0v) is 13.7. The SMILES string of the molecule is COc1cc(OC)cc(C(C[N+](=O)[O-])Sc2ccccc2N)c1. The lowest BCUT2D eigenvalue weighted by atomic mass is 10.1. The normalized spacial score (nSPS) is 11.7. The van der Waals surface area contributed by atoms with Crippen molar-refractivity contribution in [3.8, 4) is 11.5 Å². The van der Waals surface area contributed by atoms with Crippen LogP contribution in [0.5, 0.6) is 11.5 Å². The summed E-state index contributed by atoms with van der Waals surface area (Å²) in [5.41, 5.74) is 7.30. The molecule has 0 heterocycles. The Morgan fingerprint density at radius 3 is 2.30 bits per heavy atom. The highest BCUT2D eigenvalue weighted by molar-refractivity contribution is 7.99. The number of benzene rings is 2. The summed E-state index contributed by atoms with van der Waals surface area (Å²) >= 11 is 1.36. The highest BCUT2D eigenvalue weighted by Gasteiger charge is 2.22. The van der Waals surface area contributed by atoms with Gasteiger partial charge in [0.2, 0.25) is 6.54 Å². The van der Waals surface area contributed by atoms with E-state index in [1.165, 1.54) is 11.8 Å². The highest BCUT2D eigenvalue weighted by Crippen LogP contribution is 2.40. The van der Waals surface area contributed by atoms with Crippen LogP contribution in [0.3, 0.4) is 0 Å². The van der Waals surface area contributed by atoms with Crippen LogP contribution < -0.4 is 15.2 Å². The van der Waals surface area contributed by atoms with Crippen LogP contribution >= 0.6 is 11.8 Å². The van der Waals surface area contributed by atoms with Crippen LogP contribution in [0.15, 0.2) is 47.4 Å². The summed E-state index contributed by atoms with van der Waals surface area (Å²) in [6.45, 7) is -0.227. The summed E-state index contributed by atoms with van der Waals surface area (Å²) in [4.78, 5) is 11.5. The first kappa shape index (κ1) is 17.0. The van der Waals surface area contributed by atoms with E-state index < -0.39 is 5.25 Å². The molecule has 0 spiro atoms. The van der Waals surface area contributed by atoms with Gasteiger partial charge in [0.25, 0.3) is 0 Å². The number of nitro groups is 1. The number of nitrogen functional groups attached to an aromatic ring is 1. The summed E-state index contributed by atoms with van der Waals surface area (Å²) < 4.78 is 10.5. The summed E-state index contributed by atoms with van der Waals surface area (Å²) in [7, 11) is 3.09. The minimum Gasteiger partial charge on any atom is -0.497 e. The molecule has 7 heteroatoms. The van der Waals surface area contributed by atoms with E-state index in [2.05, 4.69) is 0 Å². The zero-order valence-electron chi connectivity index (χ0n) is 12.9. The van der Waals surface area contributed by atoms with E-state index in [0.717, 1.165) is 10.5 Å². The fourth-order valence-electron chi connectivity index (χ4n) is 2.10. The van der Waals surface area contributed by atoms with Crippen molar-refractivity contribution >= 4 is 17.4 Å². The number of methoxy groups -OCH3 is 2. The molecule has 1 atom stereocenters. The van der Waals surface area contributed by atoms with Crippen LogP contribution in [0.4, 0.5) is 5.69 Å². The molecule has 2 aromatic carbocycles. The number of rotatable bonds is 7. The third-order valence-electron chi connectivity index (χ3n) is 3.25. The predicted molar refractivity (Wildman–Crippen MR) is 90.9 cm³/mol. The van der Waals surface area contributed by atoms with E-state index in [0.29, 0.717) is 17.2 Å². The minimum atomic E-state index is -0.404. The Labute approximate surface area is 138 Å². The minimum absolute atomic E-state index is 0.227. The lowest BCUT2D eigenvalue weighted by molar-refractivity contribution is -0.479. The van der Waals surface area contributed by atoms with Gasteiger partial charge < -0.3 is 15.2 Å². The molecule has 0 aliphatic rings. The highest BCUT2D eigenvalue weighted by atomic mass is 32.2. The van der Waals surface area contributed by atoms with Gasteiger partial charge in [0.1, 0.15) is 11.5 Å². The molecule has 0 fully saturated rings. The fraction of sp³-hybridized carbons (Fsp3) is 0.250. The molecule has 0 saturated carbocycles. The van der Waals surface area contributed by atoms with Gasteiger partial charge in [-0.25, -0.2) is 0 Å². The van der Waals surface area contributed by atoms with Crippen LogP contribution in [0, 0.1) is 10.1 Å². The Bertz CT molecular complexity index is 671. The Morgan fingerprint density at radius 2 is 1.78 bits per heavy atom. The maximum Gasteiger partial charge on any atom is 0.220 e. The number of hydrogen-bond acceptors (Lipinski definition) is 6. The largest absolute Gasteiger partial charge is 0.497 e. The van der Waals surface area contributed by atoms with Crippen LogP contribution in [-0.4, -0.2) is 25.7 Å². The van der Waals surface area contributed by atoms with Crippen molar-refractivity contribution in [3.63, 3.8) is 0 Å². The molecular formula is C16H18N2O4S. The predicted octanol–water partition coefficient (Wildman–Crippen LogP) is 3.40. The van der Waals surface area contributed by atoms with E-state index in [1.54, 1.807) is 38.5 Å². The Balaban J connectivity index is 2.38. The van der Waals surface area contributed by atoms with Gasteiger partial charge in [0, 0.05) is 21.6 Å². The number of anilines is 1. The molecule has 0 radical (unpaired) electrons. The maximum atomic E-state index is 11.1. The van der Waals surface area contributed by atoms with Crippen LogP contribution in [0.2, 0.25) is 0 Å². The molecule has 2 N–H and O–H groups in total. The Morgan fingerprint density at radius 1 is 1.17 bits per heavy atom. The third kappa shape index (κ3) is 4.53. The second-order valence-electron chi connectivity index (χ2n) is 4.81. The van der Waals surface area contributed by atoms with Crippen LogP contribution in [0.25, 0.3) is 0 Å². The smallest absolute Gasteiger partial charge is 0.220 e. The van der Waals surface area contributed by atoms with Crippen molar-refractivity contribution in [2.75, 3.05) is 26.5 Å². The second kappa shape index (κ2) is 7.73. The number of nitrogens with two attached hydrogens (primary N) is 1. The molecule has 0 saturated heterocycles. The quantitative estimate of drug-likeness (QED) is 0.361. The van der Waals surface area contributed by atoms with Crippen molar-refractivity contribution in [3.05, 3.63) is 58.1 Å². The molecule has 122 valence electrons. The summed E-state index contributed by atoms with van der Waals surface area (Å²) in [5.74, 6) is 1.18. The van der Waals surface area contributed by atoms with Gasteiger partial charge >= 0.3 is 0 Å². The molecular weight excluding hydrogens is 316 g/mol. The van der Waals surface area contributed by atoms with Gasteiger partial charge in [-0.05, 0) is 29.8 Å². The van der Waals surface area contributed by atoms with Gasteiger partial charge in [-0.15, -0.1) is 11.8 Å². The van der Waals surface area contributed by atoms with Crippen LogP contribution in [-0.2, 0) is 0 Å². The Hall–Kier alpha value is -2.41. The number of hydrogen-bond donors (Lipinski definition) is 1. The molecule has 23 heavy (non-hydrogen) atoms. The third-order valence-corrected chi connectivity index (χ3v) is 4.58. The first-order chi connectivity index (χ1) is 11.0.